The highest BCUT2D eigenvalue weighted by Gasteiger charge is 2.31. The third-order valence-corrected chi connectivity index (χ3v) is 3.61. The molecule has 0 amide bonds. The Hall–Kier alpha value is -1.56. The molecule has 2 heterocycles. The molecule has 1 aliphatic heterocycles. The zero-order valence-corrected chi connectivity index (χ0v) is 10.5. The maximum atomic E-state index is 12.6. The van der Waals surface area contributed by atoms with E-state index in [2.05, 4.69) is 14.9 Å². The number of imidazole rings is 1. The average molecular weight is 269 g/mol. The van der Waals surface area contributed by atoms with E-state index in [0.29, 0.717) is 11.0 Å². The van der Waals surface area contributed by atoms with Crippen LogP contribution in [0, 0.1) is 0 Å². The summed E-state index contributed by atoms with van der Waals surface area (Å²) in [4.78, 5) is 9.63. The molecule has 1 aliphatic rings. The minimum absolute atomic E-state index is 0.284. The first kappa shape index (κ1) is 12.5. The Morgan fingerprint density at radius 1 is 1.37 bits per heavy atom. The van der Waals surface area contributed by atoms with Gasteiger partial charge in [0.2, 0.25) is 0 Å². The molecule has 1 aromatic heterocycles. The van der Waals surface area contributed by atoms with Crippen LogP contribution < -0.4 is 0 Å². The topological polar surface area (TPSA) is 31.9 Å². The number of hydrogen-bond acceptors (Lipinski definition) is 2. The molecule has 1 saturated heterocycles. The van der Waals surface area contributed by atoms with Crippen molar-refractivity contribution in [3.8, 4) is 0 Å². The van der Waals surface area contributed by atoms with E-state index in [-0.39, 0.29) is 5.92 Å². The second-order valence-electron chi connectivity index (χ2n) is 5.10. The molecule has 3 nitrogen and oxygen atoms in total. The number of nitrogens with one attached hydrogen (secondary N) is 1. The monoisotopic (exact) mass is 269 g/mol. The number of likely N-dealkylation sites (tertiary alicyclic amines) is 1. The van der Waals surface area contributed by atoms with E-state index in [0.717, 1.165) is 37.5 Å². The minimum Gasteiger partial charge on any atom is -0.342 e. The zero-order valence-electron chi connectivity index (χ0n) is 10.5. The molecule has 102 valence electrons. The van der Waals surface area contributed by atoms with Crippen LogP contribution in [-0.4, -0.2) is 35.0 Å². The van der Waals surface area contributed by atoms with Gasteiger partial charge in [-0.15, -0.1) is 0 Å². The molecular formula is C13H14F3N3. The molecule has 1 unspecified atom stereocenters. The molecule has 0 radical (unpaired) electrons. The summed E-state index contributed by atoms with van der Waals surface area (Å²) in [6, 6.07) is 3.63. The van der Waals surface area contributed by atoms with Crippen molar-refractivity contribution in [1.82, 2.24) is 14.9 Å². The third-order valence-electron chi connectivity index (χ3n) is 3.61. The zero-order chi connectivity index (χ0) is 13.6. The number of rotatable bonds is 1. The van der Waals surface area contributed by atoms with Gasteiger partial charge in [-0.2, -0.15) is 13.2 Å². The van der Waals surface area contributed by atoms with Gasteiger partial charge in [0.15, 0.2) is 0 Å². The largest absolute Gasteiger partial charge is 0.416 e. The van der Waals surface area contributed by atoms with Crippen LogP contribution in [0.5, 0.6) is 0 Å². The van der Waals surface area contributed by atoms with Crippen LogP contribution >= 0.6 is 0 Å². The van der Waals surface area contributed by atoms with Crippen LogP contribution in [0.4, 0.5) is 13.2 Å². The summed E-state index contributed by atoms with van der Waals surface area (Å²) in [7, 11) is 2.03. The van der Waals surface area contributed by atoms with Gasteiger partial charge in [0, 0.05) is 12.5 Å². The van der Waals surface area contributed by atoms with Gasteiger partial charge in [0.25, 0.3) is 0 Å². The highest BCUT2D eigenvalue weighted by atomic mass is 19.4. The summed E-state index contributed by atoms with van der Waals surface area (Å²) in [5, 5.41) is 0. The fourth-order valence-corrected chi connectivity index (χ4v) is 2.56. The summed E-state index contributed by atoms with van der Waals surface area (Å²) >= 11 is 0. The first-order chi connectivity index (χ1) is 8.93. The van der Waals surface area contributed by atoms with E-state index < -0.39 is 11.7 Å². The Balaban J connectivity index is 1.97. The van der Waals surface area contributed by atoms with Gasteiger partial charge in [0.1, 0.15) is 5.82 Å². The molecule has 2 aromatic rings. The normalized spacial score (nSPS) is 21.4. The summed E-state index contributed by atoms with van der Waals surface area (Å²) in [6.45, 7) is 1.89. The van der Waals surface area contributed by atoms with Gasteiger partial charge in [-0.25, -0.2) is 4.98 Å². The summed E-state index contributed by atoms with van der Waals surface area (Å²) in [5.41, 5.74) is 0.413. The van der Waals surface area contributed by atoms with Crippen LogP contribution in [0.25, 0.3) is 11.0 Å². The second-order valence-corrected chi connectivity index (χ2v) is 5.10. The minimum atomic E-state index is -4.31. The molecule has 0 spiro atoms. The third kappa shape index (κ3) is 2.32. The Kier molecular flexibility index (Phi) is 2.78. The predicted molar refractivity (Wildman–Crippen MR) is 66.0 cm³/mol. The highest BCUT2D eigenvalue weighted by molar-refractivity contribution is 5.76. The standard InChI is InChI=1S/C13H14F3N3/c1-19-5-4-8(7-19)12-17-10-3-2-9(13(14,15)16)6-11(10)18-12/h2-3,6,8H,4-5,7H2,1H3,(H,17,18). The summed E-state index contributed by atoms with van der Waals surface area (Å²) < 4.78 is 37.9. The first-order valence-electron chi connectivity index (χ1n) is 6.19. The number of alkyl halides is 3. The van der Waals surface area contributed by atoms with Gasteiger partial charge < -0.3 is 9.88 Å². The molecule has 1 N–H and O–H groups in total. The first-order valence-corrected chi connectivity index (χ1v) is 6.19. The number of H-pyrrole nitrogens is 1. The Bertz CT molecular complexity index is 603. The van der Waals surface area contributed by atoms with E-state index >= 15 is 0 Å². The predicted octanol–water partition coefficient (Wildman–Crippen LogP) is 3.00. The SMILES string of the molecule is CN1CCC(c2nc3ccc(C(F)(F)F)cc3[nH]2)C1. The van der Waals surface area contributed by atoms with Gasteiger partial charge >= 0.3 is 6.18 Å². The van der Waals surface area contributed by atoms with Crippen LogP contribution in [0.15, 0.2) is 18.2 Å². The lowest BCUT2D eigenvalue weighted by Crippen LogP contribution is -2.13. The van der Waals surface area contributed by atoms with Crippen molar-refractivity contribution in [2.24, 2.45) is 0 Å². The van der Waals surface area contributed by atoms with Crippen molar-refractivity contribution < 1.29 is 13.2 Å². The highest BCUT2D eigenvalue weighted by Crippen LogP contribution is 2.32. The lowest BCUT2D eigenvalue weighted by atomic mass is 10.1. The average Bonchev–Trinajstić information content (AvgIpc) is 2.92. The van der Waals surface area contributed by atoms with Crippen molar-refractivity contribution in [3.05, 3.63) is 29.6 Å². The lowest BCUT2D eigenvalue weighted by molar-refractivity contribution is -0.137. The maximum Gasteiger partial charge on any atom is 0.416 e. The van der Waals surface area contributed by atoms with E-state index in [1.165, 1.54) is 6.07 Å². The summed E-state index contributed by atoms with van der Waals surface area (Å²) in [5.74, 6) is 1.07. The molecule has 19 heavy (non-hydrogen) atoms. The van der Waals surface area contributed by atoms with Crippen LogP contribution in [-0.2, 0) is 6.18 Å². The van der Waals surface area contributed by atoms with Crippen molar-refractivity contribution in [2.75, 3.05) is 20.1 Å². The number of fused-ring (bicyclic) bond motifs is 1. The van der Waals surface area contributed by atoms with E-state index in [1.54, 1.807) is 0 Å². The number of nitrogens with zero attached hydrogens (tertiary/aromatic N) is 2. The molecule has 0 bridgehead atoms. The summed E-state index contributed by atoms with van der Waals surface area (Å²) in [6.07, 6.45) is -3.32. The van der Waals surface area contributed by atoms with Gasteiger partial charge in [-0.3, -0.25) is 0 Å². The fraction of sp³-hybridized carbons (Fsp3) is 0.462. The number of aromatic nitrogens is 2. The van der Waals surface area contributed by atoms with E-state index in [9.17, 15) is 13.2 Å². The van der Waals surface area contributed by atoms with Crippen LogP contribution in [0.3, 0.4) is 0 Å². The van der Waals surface area contributed by atoms with Gasteiger partial charge in [-0.1, -0.05) is 0 Å². The molecular weight excluding hydrogens is 255 g/mol. The fourth-order valence-electron chi connectivity index (χ4n) is 2.56. The number of hydrogen-bond donors (Lipinski definition) is 1. The quantitative estimate of drug-likeness (QED) is 0.863. The molecule has 1 fully saturated rings. The number of likely N-dealkylation sites (N-methyl/N-ethyl adjacent to an activating group) is 1. The smallest absolute Gasteiger partial charge is 0.342 e. The van der Waals surface area contributed by atoms with Gasteiger partial charge in [-0.05, 0) is 38.2 Å². The van der Waals surface area contributed by atoms with Crippen molar-refractivity contribution in [2.45, 2.75) is 18.5 Å². The Morgan fingerprint density at radius 2 is 2.16 bits per heavy atom. The second kappa shape index (κ2) is 4.23. The van der Waals surface area contributed by atoms with E-state index in [4.69, 9.17) is 0 Å². The number of benzene rings is 1. The van der Waals surface area contributed by atoms with Crippen molar-refractivity contribution >= 4 is 11.0 Å². The van der Waals surface area contributed by atoms with Crippen LogP contribution in [0.1, 0.15) is 23.7 Å². The van der Waals surface area contributed by atoms with Crippen LogP contribution in [0.2, 0.25) is 0 Å². The van der Waals surface area contributed by atoms with Gasteiger partial charge in [0.05, 0.1) is 16.6 Å². The molecule has 3 rings (SSSR count). The lowest BCUT2D eigenvalue weighted by Gasteiger charge is -2.06. The molecule has 6 heteroatoms. The van der Waals surface area contributed by atoms with Crippen molar-refractivity contribution in [3.63, 3.8) is 0 Å². The molecule has 1 atom stereocenters. The number of halogens is 3. The molecule has 1 aromatic carbocycles. The molecule has 0 aliphatic carbocycles. The van der Waals surface area contributed by atoms with E-state index in [1.807, 2.05) is 7.05 Å². The Morgan fingerprint density at radius 3 is 2.79 bits per heavy atom. The maximum absolute atomic E-state index is 12.6. The molecule has 0 saturated carbocycles. The Labute approximate surface area is 108 Å². The van der Waals surface area contributed by atoms with Crippen molar-refractivity contribution in [1.29, 1.82) is 0 Å². The number of aromatic amines is 1.